The summed E-state index contributed by atoms with van der Waals surface area (Å²) in [7, 11) is 1.31. The molecule has 1 heterocycles. The molecule has 3 rings (SSSR count). The molecule has 0 saturated heterocycles. The van der Waals surface area contributed by atoms with Gasteiger partial charge >= 0.3 is 5.97 Å². The highest BCUT2D eigenvalue weighted by molar-refractivity contribution is 6.33. The monoisotopic (exact) mass is 439 g/mol. The van der Waals surface area contributed by atoms with E-state index in [0.29, 0.717) is 39.8 Å². The second-order valence-corrected chi connectivity index (χ2v) is 7.64. The van der Waals surface area contributed by atoms with Crippen LogP contribution in [-0.4, -0.2) is 29.0 Å². The quantitative estimate of drug-likeness (QED) is 0.568. The highest BCUT2D eigenvalue weighted by Gasteiger charge is 2.13. The molecular formula is C23H22ClN3O4. The first kappa shape index (κ1) is 22.2. The van der Waals surface area contributed by atoms with E-state index in [1.54, 1.807) is 42.5 Å². The van der Waals surface area contributed by atoms with Gasteiger partial charge in [0.15, 0.2) is 0 Å². The van der Waals surface area contributed by atoms with Crippen LogP contribution in [0, 0.1) is 5.92 Å². The van der Waals surface area contributed by atoms with Crippen LogP contribution >= 0.6 is 11.6 Å². The minimum atomic E-state index is -0.445. The number of carbonyl (C=O) groups is 2. The van der Waals surface area contributed by atoms with Crippen molar-refractivity contribution >= 4 is 23.5 Å². The molecular weight excluding hydrogens is 418 g/mol. The van der Waals surface area contributed by atoms with Gasteiger partial charge in [-0.05, 0) is 29.8 Å². The van der Waals surface area contributed by atoms with Crippen LogP contribution in [0.3, 0.4) is 0 Å². The first-order valence-corrected chi connectivity index (χ1v) is 10.0. The number of amides is 1. The van der Waals surface area contributed by atoms with Gasteiger partial charge in [-0.2, -0.15) is 0 Å². The van der Waals surface area contributed by atoms with Crippen LogP contribution in [0.1, 0.15) is 29.8 Å². The van der Waals surface area contributed by atoms with Gasteiger partial charge in [0.25, 0.3) is 5.56 Å². The summed E-state index contributed by atoms with van der Waals surface area (Å²) < 4.78 is 4.70. The van der Waals surface area contributed by atoms with E-state index in [-0.39, 0.29) is 17.4 Å². The highest BCUT2D eigenvalue weighted by atomic mass is 35.5. The Morgan fingerprint density at radius 1 is 1.13 bits per heavy atom. The number of halogens is 1. The van der Waals surface area contributed by atoms with Crippen LogP contribution in [0.5, 0.6) is 0 Å². The van der Waals surface area contributed by atoms with Gasteiger partial charge in [-0.25, -0.2) is 9.78 Å². The van der Waals surface area contributed by atoms with E-state index in [9.17, 15) is 14.4 Å². The summed E-state index contributed by atoms with van der Waals surface area (Å²) in [5, 5.41) is 3.27. The number of nitrogens with zero attached hydrogens (tertiary/aromatic N) is 1. The average molecular weight is 440 g/mol. The number of aromatic amines is 1. The molecule has 1 amide bonds. The Labute approximate surface area is 184 Å². The number of aromatic nitrogens is 2. The number of nitrogens with one attached hydrogen (secondary N) is 2. The van der Waals surface area contributed by atoms with Gasteiger partial charge in [-0.1, -0.05) is 43.6 Å². The van der Waals surface area contributed by atoms with Crippen molar-refractivity contribution in [2.24, 2.45) is 5.92 Å². The zero-order valence-electron chi connectivity index (χ0n) is 17.4. The van der Waals surface area contributed by atoms with Crippen molar-refractivity contribution in [1.29, 1.82) is 0 Å². The summed E-state index contributed by atoms with van der Waals surface area (Å²) >= 11 is 6.37. The maximum atomic E-state index is 12.3. The number of methoxy groups -OCH3 is 1. The maximum absolute atomic E-state index is 12.3. The van der Waals surface area contributed by atoms with Crippen LogP contribution in [0.4, 0.5) is 0 Å². The van der Waals surface area contributed by atoms with E-state index in [2.05, 4.69) is 15.3 Å². The SMILES string of the molecule is COC(=O)c1ccc(-c2cc(=O)[nH]c(-c3cc(CNC(=O)C(C)C)ccc3Cl)n2)cc1. The van der Waals surface area contributed by atoms with E-state index >= 15 is 0 Å². The molecule has 0 atom stereocenters. The molecule has 0 aliphatic rings. The van der Waals surface area contributed by atoms with Crippen molar-refractivity contribution in [3.05, 3.63) is 75.0 Å². The summed E-state index contributed by atoms with van der Waals surface area (Å²) in [5.74, 6) is -0.312. The number of esters is 1. The summed E-state index contributed by atoms with van der Waals surface area (Å²) in [6.07, 6.45) is 0. The van der Waals surface area contributed by atoms with E-state index < -0.39 is 5.97 Å². The van der Waals surface area contributed by atoms with Crippen molar-refractivity contribution in [1.82, 2.24) is 15.3 Å². The Hall–Kier alpha value is -3.45. The molecule has 0 unspecified atom stereocenters. The number of carbonyl (C=O) groups excluding carboxylic acids is 2. The largest absolute Gasteiger partial charge is 0.465 e. The molecule has 0 bridgehead atoms. The Bertz CT molecular complexity index is 1170. The number of benzene rings is 2. The second kappa shape index (κ2) is 9.57. The number of hydrogen-bond donors (Lipinski definition) is 2. The number of rotatable bonds is 6. The van der Waals surface area contributed by atoms with Crippen LogP contribution < -0.4 is 10.9 Å². The molecule has 3 aromatic rings. The van der Waals surface area contributed by atoms with Crippen molar-refractivity contribution < 1.29 is 14.3 Å². The molecule has 0 radical (unpaired) electrons. The molecule has 0 aliphatic heterocycles. The standard InChI is InChI=1S/C23H22ClN3O4/c1-13(2)22(29)25-12-14-4-9-18(24)17(10-14)21-26-19(11-20(28)27-21)15-5-7-16(8-6-15)23(30)31-3/h4-11,13H,12H2,1-3H3,(H,25,29)(H,26,27,28). The summed E-state index contributed by atoms with van der Waals surface area (Å²) in [6, 6.07) is 13.3. The number of H-pyrrole nitrogens is 1. The number of ether oxygens (including phenoxy) is 1. The van der Waals surface area contributed by atoms with Gasteiger partial charge in [0, 0.05) is 29.7 Å². The van der Waals surface area contributed by atoms with E-state index in [1.807, 2.05) is 13.8 Å². The molecule has 0 fully saturated rings. The first-order chi connectivity index (χ1) is 14.8. The van der Waals surface area contributed by atoms with Crippen molar-refractivity contribution in [3.63, 3.8) is 0 Å². The third kappa shape index (κ3) is 5.38. The van der Waals surface area contributed by atoms with Crippen molar-refractivity contribution in [2.75, 3.05) is 7.11 Å². The molecule has 1 aromatic heterocycles. The number of hydrogen-bond acceptors (Lipinski definition) is 5. The molecule has 160 valence electrons. The fraction of sp³-hybridized carbons (Fsp3) is 0.217. The van der Waals surface area contributed by atoms with Crippen LogP contribution in [0.15, 0.2) is 53.3 Å². The molecule has 31 heavy (non-hydrogen) atoms. The Kier molecular flexibility index (Phi) is 6.87. The summed E-state index contributed by atoms with van der Waals surface area (Å²) in [6.45, 7) is 3.97. The predicted octanol–water partition coefficient (Wildman–Crippen LogP) is 3.82. The van der Waals surface area contributed by atoms with Gasteiger partial charge in [0.2, 0.25) is 5.91 Å². The molecule has 2 N–H and O–H groups in total. The average Bonchev–Trinajstić information content (AvgIpc) is 2.77. The van der Waals surface area contributed by atoms with Gasteiger partial charge in [-0.3, -0.25) is 9.59 Å². The Morgan fingerprint density at radius 2 is 1.84 bits per heavy atom. The third-order valence-corrected chi connectivity index (χ3v) is 4.95. The van der Waals surface area contributed by atoms with Crippen molar-refractivity contribution in [3.8, 4) is 22.6 Å². The van der Waals surface area contributed by atoms with Crippen LogP contribution in [0.25, 0.3) is 22.6 Å². The van der Waals surface area contributed by atoms with Gasteiger partial charge in [0.05, 0.1) is 23.4 Å². The summed E-state index contributed by atoms with van der Waals surface area (Å²) in [4.78, 5) is 43.0. The Morgan fingerprint density at radius 3 is 2.48 bits per heavy atom. The van der Waals surface area contributed by atoms with E-state index in [1.165, 1.54) is 13.2 Å². The molecule has 8 heteroatoms. The molecule has 0 aliphatic carbocycles. The third-order valence-electron chi connectivity index (χ3n) is 4.62. The van der Waals surface area contributed by atoms with Gasteiger partial charge in [0.1, 0.15) is 5.82 Å². The first-order valence-electron chi connectivity index (χ1n) is 9.65. The molecule has 7 nitrogen and oxygen atoms in total. The lowest BCUT2D eigenvalue weighted by molar-refractivity contribution is -0.124. The highest BCUT2D eigenvalue weighted by Crippen LogP contribution is 2.27. The van der Waals surface area contributed by atoms with E-state index in [4.69, 9.17) is 16.3 Å². The lowest BCUT2D eigenvalue weighted by Gasteiger charge is -2.11. The topological polar surface area (TPSA) is 101 Å². The van der Waals surface area contributed by atoms with Crippen LogP contribution in [-0.2, 0) is 16.1 Å². The lowest BCUT2D eigenvalue weighted by Crippen LogP contribution is -2.27. The molecule has 2 aromatic carbocycles. The predicted molar refractivity (Wildman–Crippen MR) is 119 cm³/mol. The van der Waals surface area contributed by atoms with Gasteiger partial charge in [-0.15, -0.1) is 0 Å². The van der Waals surface area contributed by atoms with Crippen molar-refractivity contribution in [2.45, 2.75) is 20.4 Å². The molecule has 0 saturated carbocycles. The fourth-order valence-electron chi connectivity index (χ4n) is 2.89. The lowest BCUT2D eigenvalue weighted by atomic mass is 10.1. The molecule has 0 spiro atoms. The smallest absolute Gasteiger partial charge is 0.337 e. The minimum absolute atomic E-state index is 0.0552. The van der Waals surface area contributed by atoms with Crippen LogP contribution in [0.2, 0.25) is 5.02 Å². The zero-order chi connectivity index (χ0) is 22.5. The zero-order valence-corrected chi connectivity index (χ0v) is 18.1. The van der Waals surface area contributed by atoms with E-state index in [0.717, 1.165) is 5.56 Å². The van der Waals surface area contributed by atoms with Gasteiger partial charge < -0.3 is 15.0 Å². The minimum Gasteiger partial charge on any atom is -0.465 e. The normalized spacial score (nSPS) is 10.7. The summed E-state index contributed by atoms with van der Waals surface area (Å²) in [5.41, 5.74) is 2.52. The maximum Gasteiger partial charge on any atom is 0.337 e. The Balaban J connectivity index is 1.94. The second-order valence-electron chi connectivity index (χ2n) is 7.23. The fourth-order valence-corrected chi connectivity index (χ4v) is 3.09.